The van der Waals surface area contributed by atoms with Crippen LogP contribution in [-0.4, -0.2) is 73.3 Å². The smallest absolute Gasteiger partial charge is 0.475 e. The summed E-state index contributed by atoms with van der Waals surface area (Å²) in [5, 5.41) is 21.3. The largest absolute Gasteiger partial charge is 0.490 e. The van der Waals surface area contributed by atoms with Crippen molar-refractivity contribution in [1.82, 2.24) is 19.7 Å². The van der Waals surface area contributed by atoms with Gasteiger partial charge in [-0.05, 0) is 37.3 Å². The molecule has 2 aromatic rings. The first kappa shape index (κ1) is 37.6. The molecule has 0 radical (unpaired) electrons. The minimum atomic E-state index is -5.08. The zero-order valence-electron chi connectivity index (χ0n) is 22.7. The number of fused-ring (bicyclic) bond motifs is 1. The minimum absolute atomic E-state index is 0.116. The Bertz CT molecular complexity index is 1290. The maximum Gasteiger partial charge on any atom is 0.490 e. The van der Waals surface area contributed by atoms with E-state index in [2.05, 4.69) is 15.1 Å². The van der Waals surface area contributed by atoms with Gasteiger partial charge in [0, 0.05) is 31.1 Å². The fourth-order valence-electron chi connectivity index (χ4n) is 4.85. The number of rotatable bonds is 3. The van der Waals surface area contributed by atoms with Gasteiger partial charge in [-0.25, -0.2) is 9.59 Å². The fourth-order valence-corrected chi connectivity index (χ4v) is 4.85. The monoisotopic (exact) mass is 675 g/mol. The van der Waals surface area contributed by atoms with E-state index in [1.54, 1.807) is 6.07 Å². The van der Waals surface area contributed by atoms with Crippen LogP contribution in [0.5, 0.6) is 0 Å². The van der Waals surface area contributed by atoms with Crippen LogP contribution in [0.4, 0.5) is 52.7 Å². The number of alkyl halides is 12. The number of hydrogen-bond donors (Lipinski definition) is 3. The van der Waals surface area contributed by atoms with Crippen LogP contribution < -0.4 is 5.73 Å². The summed E-state index contributed by atoms with van der Waals surface area (Å²) in [6.45, 7) is 1.11. The zero-order chi connectivity index (χ0) is 34.6. The van der Waals surface area contributed by atoms with Gasteiger partial charge in [0.25, 0.3) is 0 Å². The molecule has 254 valence electrons. The van der Waals surface area contributed by atoms with Gasteiger partial charge in [0.1, 0.15) is 5.82 Å². The first-order valence-corrected chi connectivity index (χ1v) is 12.6. The lowest BCUT2D eigenvalue weighted by Gasteiger charge is -2.44. The molecule has 1 aliphatic heterocycles. The quantitative estimate of drug-likeness (QED) is 0.377. The highest BCUT2D eigenvalue weighted by atomic mass is 19.4. The molecular weight excluding hydrogens is 650 g/mol. The van der Waals surface area contributed by atoms with E-state index in [1.165, 1.54) is 12.1 Å². The molecule has 1 aliphatic carbocycles. The van der Waals surface area contributed by atoms with Crippen LogP contribution in [-0.2, 0) is 40.4 Å². The number of benzene rings is 1. The van der Waals surface area contributed by atoms with Crippen molar-refractivity contribution in [2.45, 2.75) is 74.9 Å². The molecule has 0 bridgehead atoms. The van der Waals surface area contributed by atoms with Gasteiger partial charge < -0.3 is 20.5 Å². The Morgan fingerprint density at radius 3 is 1.78 bits per heavy atom. The SMILES string of the molecule is NCC1(c2cccc(C(F)(F)F)c2)CCC(N2CCn3c(nnc3C(F)(F)F)C2)CC1.O=C(O)C(F)(F)F.O=C(O)C(F)(F)F. The number of hydrogen-bond acceptors (Lipinski definition) is 6. The molecule has 0 atom stereocenters. The van der Waals surface area contributed by atoms with Gasteiger partial charge >= 0.3 is 36.6 Å². The van der Waals surface area contributed by atoms with E-state index >= 15 is 0 Å². The molecule has 21 heteroatoms. The Hall–Kier alpha value is -3.62. The van der Waals surface area contributed by atoms with Crippen molar-refractivity contribution in [1.29, 1.82) is 0 Å². The average Bonchev–Trinajstić information content (AvgIpc) is 3.36. The van der Waals surface area contributed by atoms with Crippen LogP contribution in [0.25, 0.3) is 0 Å². The summed E-state index contributed by atoms with van der Waals surface area (Å²) in [4.78, 5) is 19.9. The summed E-state index contributed by atoms with van der Waals surface area (Å²) < 4.78 is 143. The molecule has 1 aromatic carbocycles. The van der Waals surface area contributed by atoms with Crippen LogP contribution in [0, 0.1) is 0 Å². The van der Waals surface area contributed by atoms with Gasteiger partial charge in [0.2, 0.25) is 5.82 Å². The molecule has 1 fully saturated rings. The molecule has 2 aliphatic rings. The summed E-state index contributed by atoms with van der Waals surface area (Å²) in [6.07, 6.45) is -16.5. The summed E-state index contributed by atoms with van der Waals surface area (Å²) >= 11 is 0. The Labute approximate surface area is 245 Å². The second-order valence-corrected chi connectivity index (χ2v) is 9.96. The van der Waals surface area contributed by atoms with E-state index in [4.69, 9.17) is 25.5 Å². The van der Waals surface area contributed by atoms with Crippen molar-refractivity contribution in [3.05, 3.63) is 47.0 Å². The van der Waals surface area contributed by atoms with Crippen LogP contribution in [0.3, 0.4) is 0 Å². The van der Waals surface area contributed by atoms with E-state index in [1.807, 2.05) is 0 Å². The third-order valence-corrected chi connectivity index (χ3v) is 7.14. The van der Waals surface area contributed by atoms with Crippen molar-refractivity contribution in [3.8, 4) is 0 Å². The van der Waals surface area contributed by atoms with Gasteiger partial charge in [0.05, 0.1) is 12.1 Å². The molecule has 1 aromatic heterocycles. The van der Waals surface area contributed by atoms with Crippen LogP contribution in [0.1, 0.15) is 48.5 Å². The molecular formula is C24H25F12N5O4. The standard InChI is InChI=1S/C20H23F6N5.2C2HF3O2/c21-19(22,23)14-3-1-2-13(10-14)18(12-27)6-4-15(5-7-18)30-8-9-31-16(11-30)28-29-17(31)20(24,25)26;2*3-2(4,5)1(6)7/h1-3,10,15H,4-9,11-12,27H2;2*(H,6,7). The summed E-state index contributed by atoms with van der Waals surface area (Å²) in [6, 6.07) is 5.47. The van der Waals surface area contributed by atoms with Crippen LogP contribution in [0.2, 0.25) is 0 Å². The van der Waals surface area contributed by atoms with Gasteiger partial charge in [0.15, 0.2) is 0 Å². The lowest BCUT2D eigenvalue weighted by molar-refractivity contribution is -0.193. The molecule has 0 spiro atoms. The first-order chi connectivity index (χ1) is 20.4. The molecule has 0 saturated heterocycles. The highest BCUT2D eigenvalue weighted by Crippen LogP contribution is 2.42. The Morgan fingerprint density at radius 2 is 1.36 bits per heavy atom. The number of aromatic nitrogens is 3. The Balaban J connectivity index is 0.000000421. The van der Waals surface area contributed by atoms with Gasteiger partial charge in [-0.3, -0.25) is 4.90 Å². The van der Waals surface area contributed by atoms with E-state index in [0.29, 0.717) is 37.8 Å². The second-order valence-electron chi connectivity index (χ2n) is 9.96. The number of aliphatic carboxylic acids is 2. The molecule has 1 saturated carbocycles. The Kier molecular flexibility index (Phi) is 11.5. The third kappa shape index (κ3) is 9.93. The normalized spacial score (nSPS) is 21.0. The zero-order valence-corrected chi connectivity index (χ0v) is 22.7. The van der Waals surface area contributed by atoms with Crippen molar-refractivity contribution in [2.24, 2.45) is 5.73 Å². The van der Waals surface area contributed by atoms with E-state index in [0.717, 1.165) is 10.6 Å². The third-order valence-electron chi connectivity index (χ3n) is 7.14. The molecule has 45 heavy (non-hydrogen) atoms. The predicted octanol–water partition coefficient (Wildman–Crippen LogP) is 5.24. The van der Waals surface area contributed by atoms with Crippen LogP contribution >= 0.6 is 0 Å². The topological polar surface area (TPSA) is 135 Å². The predicted molar refractivity (Wildman–Crippen MR) is 127 cm³/mol. The number of carboxylic acids is 2. The molecule has 0 unspecified atom stereocenters. The highest BCUT2D eigenvalue weighted by Gasteiger charge is 2.43. The Morgan fingerprint density at radius 1 is 0.844 bits per heavy atom. The molecule has 4 N–H and O–H groups in total. The van der Waals surface area contributed by atoms with E-state index in [-0.39, 0.29) is 31.5 Å². The van der Waals surface area contributed by atoms with Crippen molar-refractivity contribution in [2.75, 3.05) is 13.1 Å². The summed E-state index contributed by atoms with van der Waals surface area (Å²) in [5.74, 6) is -6.20. The van der Waals surface area contributed by atoms with E-state index < -0.39 is 53.4 Å². The number of halogens is 12. The molecule has 2 heterocycles. The fraction of sp³-hybridized carbons (Fsp3) is 0.583. The van der Waals surface area contributed by atoms with Crippen LogP contribution in [0.15, 0.2) is 24.3 Å². The van der Waals surface area contributed by atoms with Crippen molar-refractivity contribution < 1.29 is 72.5 Å². The summed E-state index contributed by atoms with van der Waals surface area (Å²) in [5.41, 5.74) is 5.42. The van der Waals surface area contributed by atoms with E-state index in [9.17, 15) is 52.7 Å². The molecule has 9 nitrogen and oxygen atoms in total. The minimum Gasteiger partial charge on any atom is -0.475 e. The van der Waals surface area contributed by atoms with Gasteiger partial charge in [-0.1, -0.05) is 18.2 Å². The lowest BCUT2D eigenvalue weighted by Crippen LogP contribution is -2.48. The second kappa shape index (κ2) is 13.8. The lowest BCUT2D eigenvalue weighted by atomic mass is 9.67. The summed E-state index contributed by atoms with van der Waals surface area (Å²) in [7, 11) is 0. The van der Waals surface area contributed by atoms with Crippen molar-refractivity contribution >= 4 is 11.9 Å². The molecule has 4 rings (SSSR count). The molecule has 0 amide bonds. The van der Waals surface area contributed by atoms with Gasteiger partial charge in [-0.15, -0.1) is 10.2 Å². The first-order valence-electron chi connectivity index (χ1n) is 12.6. The highest BCUT2D eigenvalue weighted by molar-refractivity contribution is 5.73. The average molecular weight is 675 g/mol. The van der Waals surface area contributed by atoms with Crippen molar-refractivity contribution in [3.63, 3.8) is 0 Å². The maximum absolute atomic E-state index is 13.1. The number of nitrogens with zero attached hydrogens (tertiary/aromatic N) is 4. The maximum atomic E-state index is 13.1. The van der Waals surface area contributed by atoms with Gasteiger partial charge in [-0.2, -0.15) is 52.7 Å². The number of carboxylic acid groups (broad SMARTS) is 2. The number of carbonyl (C=O) groups is 2. The number of nitrogens with two attached hydrogens (primary N) is 1.